The number of hydrogen-bond acceptors (Lipinski definition) is 4. The monoisotopic (exact) mass is 376 g/mol. The van der Waals surface area contributed by atoms with Gasteiger partial charge in [-0.05, 0) is 31.2 Å². The van der Waals surface area contributed by atoms with E-state index in [-0.39, 0.29) is 17.1 Å². The lowest BCUT2D eigenvalue weighted by Crippen LogP contribution is -2.15. The normalized spacial score (nSPS) is 11.3. The standard InChI is InChI=1S/C18H15F3N4O2/c1-11-16(17(26)22-13-8-4-6-10-15(13)27-2)23-24-25(11)14-9-5-3-7-12(14)18(19,20)21/h3-10H,1-2H3,(H,22,26). The summed E-state index contributed by atoms with van der Waals surface area (Å²) in [5.41, 5.74) is -0.562. The Bertz CT molecular complexity index is 983. The lowest BCUT2D eigenvalue weighted by atomic mass is 10.1. The van der Waals surface area contributed by atoms with Crippen molar-refractivity contribution in [3.8, 4) is 11.4 Å². The molecule has 0 spiro atoms. The van der Waals surface area contributed by atoms with Crippen LogP contribution in [0.3, 0.4) is 0 Å². The average Bonchev–Trinajstić information content (AvgIpc) is 3.03. The van der Waals surface area contributed by atoms with Crippen LogP contribution in [0.15, 0.2) is 48.5 Å². The highest BCUT2D eigenvalue weighted by Crippen LogP contribution is 2.34. The number of amides is 1. The van der Waals surface area contributed by atoms with Crippen molar-refractivity contribution in [3.05, 3.63) is 65.5 Å². The Morgan fingerprint density at radius 3 is 2.48 bits per heavy atom. The molecule has 3 aromatic rings. The number of carbonyl (C=O) groups is 1. The maximum absolute atomic E-state index is 13.2. The molecule has 1 amide bonds. The van der Waals surface area contributed by atoms with E-state index in [0.717, 1.165) is 10.7 Å². The van der Waals surface area contributed by atoms with Gasteiger partial charge in [-0.25, -0.2) is 4.68 Å². The fraction of sp³-hybridized carbons (Fsp3) is 0.167. The van der Waals surface area contributed by atoms with Crippen molar-refractivity contribution in [2.24, 2.45) is 0 Å². The highest BCUT2D eigenvalue weighted by molar-refractivity contribution is 6.04. The molecule has 0 unspecified atom stereocenters. The minimum absolute atomic E-state index is 0.0853. The number of hydrogen-bond donors (Lipinski definition) is 1. The molecule has 27 heavy (non-hydrogen) atoms. The van der Waals surface area contributed by atoms with E-state index in [1.165, 1.54) is 32.2 Å². The number of ether oxygens (including phenoxy) is 1. The quantitative estimate of drug-likeness (QED) is 0.751. The van der Waals surface area contributed by atoms with Crippen LogP contribution in [0.2, 0.25) is 0 Å². The third-order valence-corrected chi connectivity index (χ3v) is 3.90. The summed E-state index contributed by atoms with van der Waals surface area (Å²) in [5, 5.41) is 10.1. The molecule has 3 rings (SSSR count). The van der Waals surface area contributed by atoms with Gasteiger partial charge < -0.3 is 10.1 Å². The van der Waals surface area contributed by atoms with E-state index in [0.29, 0.717) is 11.4 Å². The molecule has 1 N–H and O–H groups in total. The smallest absolute Gasteiger partial charge is 0.418 e. The first-order valence-corrected chi connectivity index (χ1v) is 7.86. The first-order valence-electron chi connectivity index (χ1n) is 7.86. The van der Waals surface area contributed by atoms with E-state index in [1.807, 2.05) is 0 Å². The van der Waals surface area contributed by atoms with Crippen LogP contribution in [0.1, 0.15) is 21.7 Å². The maximum Gasteiger partial charge on any atom is 0.418 e. The maximum atomic E-state index is 13.2. The largest absolute Gasteiger partial charge is 0.495 e. The number of alkyl halides is 3. The van der Waals surface area contributed by atoms with Crippen molar-refractivity contribution < 1.29 is 22.7 Å². The van der Waals surface area contributed by atoms with Crippen LogP contribution in [-0.2, 0) is 6.18 Å². The number of aromatic nitrogens is 3. The van der Waals surface area contributed by atoms with Crippen molar-refractivity contribution in [1.29, 1.82) is 0 Å². The summed E-state index contributed by atoms with van der Waals surface area (Å²) >= 11 is 0. The Morgan fingerprint density at radius 2 is 1.78 bits per heavy atom. The molecule has 2 aromatic carbocycles. The number of carbonyl (C=O) groups excluding carboxylic acids is 1. The molecule has 0 aliphatic rings. The molecule has 0 atom stereocenters. The summed E-state index contributed by atoms with van der Waals surface area (Å²) in [7, 11) is 1.46. The fourth-order valence-corrected chi connectivity index (χ4v) is 2.60. The predicted octanol–water partition coefficient (Wildman–Crippen LogP) is 3.86. The van der Waals surface area contributed by atoms with E-state index in [4.69, 9.17) is 4.74 Å². The van der Waals surface area contributed by atoms with Gasteiger partial charge in [0.2, 0.25) is 0 Å². The number of anilines is 1. The molecule has 0 saturated carbocycles. The summed E-state index contributed by atoms with van der Waals surface area (Å²) < 4.78 is 45.9. The van der Waals surface area contributed by atoms with Crippen LogP contribution in [0.5, 0.6) is 5.75 Å². The van der Waals surface area contributed by atoms with Gasteiger partial charge in [-0.3, -0.25) is 4.79 Å². The van der Waals surface area contributed by atoms with Crippen molar-refractivity contribution in [2.45, 2.75) is 13.1 Å². The number of methoxy groups -OCH3 is 1. The van der Waals surface area contributed by atoms with Crippen LogP contribution < -0.4 is 10.1 Å². The average molecular weight is 376 g/mol. The minimum Gasteiger partial charge on any atom is -0.495 e. The molecule has 0 radical (unpaired) electrons. The molecule has 0 aliphatic carbocycles. The molecule has 140 valence electrons. The summed E-state index contributed by atoms with van der Waals surface area (Å²) in [4.78, 5) is 12.5. The highest BCUT2D eigenvalue weighted by atomic mass is 19.4. The van der Waals surface area contributed by atoms with E-state index >= 15 is 0 Å². The van der Waals surface area contributed by atoms with Crippen LogP contribution in [0.25, 0.3) is 5.69 Å². The molecule has 1 aromatic heterocycles. The van der Waals surface area contributed by atoms with Gasteiger partial charge in [-0.2, -0.15) is 13.2 Å². The second kappa shape index (κ2) is 7.10. The van der Waals surface area contributed by atoms with Gasteiger partial charge in [-0.15, -0.1) is 5.10 Å². The Balaban J connectivity index is 1.96. The number of rotatable bonds is 4. The van der Waals surface area contributed by atoms with Gasteiger partial charge in [0.05, 0.1) is 29.7 Å². The first-order chi connectivity index (χ1) is 12.8. The molecule has 0 aliphatic heterocycles. The molecular formula is C18H15F3N4O2. The van der Waals surface area contributed by atoms with E-state index in [1.54, 1.807) is 24.3 Å². The van der Waals surface area contributed by atoms with Crippen LogP contribution in [-0.4, -0.2) is 28.0 Å². The lowest BCUT2D eigenvalue weighted by Gasteiger charge is -2.13. The first kappa shape index (κ1) is 18.4. The van der Waals surface area contributed by atoms with Gasteiger partial charge in [-0.1, -0.05) is 29.5 Å². The minimum atomic E-state index is -4.56. The lowest BCUT2D eigenvalue weighted by molar-refractivity contribution is -0.137. The molecule has 0 fully saturated rings. The molecule has 9 heteroatoms. The zero-order valence-electron chi connectivity index (χ0n) is 14.4. The molecular weight excluding hydrogens is 361 g/mol. The second-order valence-corrected chi connectivity index (χ2v) is 5.60. The summed E-state index contributed by atoms with van der Waals surface area (Å²) in [6, 6.07) is 11.7. The predicted molar refractivity (Wildman–Crippen MR) is 92.0 cm³/mol. The summed E-state index contributed by atoms with van der Waals surface area (Å²) in [6.45, 7) is 1.48. The highest BCUT2D eigenvalue weighted by Gasteiger charge is 2.34. The fourth-order valence-electron chi connectivity index (χ4n) is 2.60. The molecule has 1 heterocycles. The van der Waals surface area contributed by atoms with Gasteiger partial charge >= 0.3 is 6.18 Å². The Hall–Kier alpha value is -3.36. The number of halogens is 3. The number of nitrogens with zero attached hydrogens (tertiary/aromatic N) is 3. The zero-order valence-corrected chi connectivity index (χ0v) is 14.4. The molecule has 0 saturated heterocycles. The van der Waals surface area contributed by atoms with Crippen LogP contribution in [0.4, 0.5) is 18.9 Å². The summed E-state index contributed by atoms with van der Waals surface area (Å²) in [5.74, 6) is -0.161. The van der Waals surface area contributed by atoms with Crippen molar-refractivity contribution in [2.75, 3.05) is 12.4 Å². The van der Waals surface area contributed by atoms with Crippen molar-refractivity contribution >= 4 is 11.6 Å². The Labute approximate surface area is 152 Å². The van der Waals surface area contributed by atoms with Crippen molar-refractivity contribution in [3.63, 3.8) is 0 Å². The SMILES string of the molecule is COc1ccccc1NC(=O)c1nnn(-c2ccccc2C(F)(F)F)c1C. The van der Waals surface area contributed by atoms with E-state index < -0.39 is 17.6 Å². The molecule has 6 nitrogen and oxygen atoms in total. The van der Waals surface area contributed by atoms with E-state index in [2.05, 4.69) is 15.6 Å². The Morgan fingerprint density at radius 1 is 1.11 bits per heavy atom. The van der Waals surface area contributed by atoms with Crippen LogP contribution >= 0.6 is 0 Å². The molecule has 0 bridgehead atoms. The van der Waals surface area contributed by atoms with E-state index in [9.17, 15) is 18.0 Å². The van der Waals surface area contributed by atoms with Gasteiger partial charge in [0.1, 0.15) is 5.75 Å². The van der Waals surface area contributed by atoms with Crippen LogP contribution in [0, 0.1) is 6.92 Å². The number of para-hydroxylation sites is 3. The Kier molecular flexibility index (Phi) is 4.85. The zero-order chi connectivity index (χ0) is 19.6. The van der Waals surface area contributed by atoms with Gasteiger partial charge in [0, 0.05) is 0 Å². The van der Waals surface area contributed by atoms with Gasteiger partial charge in [0.25, 0.3) is 5.91 Å². The second-order valence-electron chi connectivity index (χ2n) is 5.60. The number of nitrogens with one attached hydrogen (secondary N) is 1. The third-order valence-electron chi connectivity index (χ3n) is 3.90. The van der Waals surface area contributed by atoms with Crippen molar-refractivity contribution in [1.82, 2.24) is 15.0 Å². The third kappa shape index (κ3) is 3.62. The summed E-state index contributed by atoms with van der Waals surface area (Å²) in [6.07, 6.45) is -4.56. The number of benzene rings is 2. The van der Waals surface area contributed by atoms with Gasteiger partial charge in [0.15, 0.2) is 5.69 Å². The topological polar surface area (TPSA) is 69.0 Å².